The summed E-state index contributed by atoms with van der Waals surface area (Å²) in [5.41, 5.74) is 2.23. The van der Waals surface area contributed by atoms with Gasteiger partial charge in [0.15, 0.2) is 0 Å². The van der Waals surface area contributed by atoms with E-state index in [0.717, 1.165) is 16.7 Å². The Morgan fingerprint density at radius 3 is 1.83 bits per heavy atom. The van der Waals surface area contributed by atoms with Gasteiger partial charge in [-0.2, -0.15) is 0 Å². The largest absolute Gasteiger partial charge is 0.396 e. The van der Waals surface area contributed by atoms with E-state index < -0.39 is 29.5 Å². The molecule has 3 aromatic carbocycles. The normalized spacial score (nSPS) is 24.3. The molecule has 0 amide bonds. The van der Waals surface area contributed by atoms with Crippen molar-refractivity contribution in [1.29, 1.82) is 0 Å². The van der Waals surface area contributed by atoms with Gasteiger partial charge >= 0.3 is 0 Å². The van der Waals surface area contributed by atoms with E-state index >= 15 is 0 Å². The summed E-state index contributed by atoms with van der Waals surface area (Å²) < 4.78 is 31.7. The average Bonchev–Trinajstić information content (AvgIpc) is 3.03. The smallest absolute Gasteiger partial charge is 0.204 e. The summed E-state index contributed by atoms with van der Waals surface area (Å²) >= 11 is 0. The minimum Gasteiger partial charge on any atom is -0.396 e. The molecule has 1 saturated heterocycles. The molecule has 228 valence electrons. The van der Waals surface area contributed by atoms with Crippen molar-refractivity contribution in [2.75, 3.05) is 13.7 Å². The lowest BCUT2D eigenvalue weighted by atomic mass is 9.75. The van der Waals surface area contributed by atoms with Crippen molar-refractivity contribution in [3.05, 3.63) is 108 Å². The molecule has 0 radical (unpaired) electrons. The van der Waals surface area contributed by atoms with Gasteiger partial charge in [-0.3, -0.25) is 0 Å². The standard InChI is InChI=1S/C35H46O7/c1-26(39-22-27-14-8-5-9-15-27)31(40-23-28-16-10-6-11-17-28)20-30-21-32(41-24-29-18-12-7-13-19-29)33(37)35(38-4,42-30)34(2,3)25-36/h5-19,26,30-33,36-37H,20-25H2,1-4H3/t26-,30-,31-,32-,33+,35-/m1/s1. The van der Waals surface area contributed by atoms with Crippen LogP contribution in [0.1, 0.15) is 50.3 Å². The lowest BCUT2D eigenvalue weighted by Gasteiger charge is -2.54. The van der Waals surface area contributed by atoms with Crippen molar-refractivity contribution < 1.29 is 33.9 Å². The molecule has 0 aromatic heterocycles. The fraction of sp³-hybridized carbons (Fsp3) is 0.486. The van der Waals surface area contributed by atoms with Crippen LogP contribution in [-0.2, 0) is 43.5 Å². The molecular formula is C35H46O7. The van der Waals surface area contributed by atoms with Crippen LogP contribution in [0.3, 0.4) is 0 Å². The molecule has 2 N–H and O–H groups in total. The predicted molar refractivity (Wildman–Crippen MR) is 161 cm³/mol. The van der Waals surface area contributed by atoms with Gasteiger partial charge in [0.05, 0.1) is 50.8 Å². The van der Waals surface area contributed by atoms with Gasteiger partial charge in [0.25, 0.3) is 0 Å². The zero-order valence-corrected chi connectivity index (χ0v) is 25.2. The van der Waals surface area contributed by atoms with Gasteiger partial charge in [0, 0.05) is 25.4 Å². The Hall–Kier alpha value is -2.62. The molecule has 0 aliphatic carbocycles. The molecule has 0 unspecified atom stereocenters. The summed E-state index contributed by atoms with van der Waals surface area (Å²) in [6.45, 7) is 6.63. The Kier molecular flexibility index (Phi) is 11.7. The zero-order valence-electron chi connectivity index (χ0n) is 25.2. The first-order chi connectivity index (χ1) is 20.3. The van der Waals surface area contributed by atoms with Crippen LogP contribution in [-0.4, -0.2) is 60.2 Å². The lowest BCUT2D eigenvalue weighted by molar-refractivity contribution is -0.382. The van der Waals surface area contributed by atoms with Crippen molar-refractivity contribution >= 4 is 0 Å². The highest BCUT2D eigenvalue weighted by molar-refractivity contribution is 5.15. The maximum atomic E-state index is 11.6. The van der Waals surface area contributed by atoms with Crippen LogP contribution in [0.25, 0.3) is 0 Å². The van der Waals surface area contributed by atoms with Crippen molar-refractivity contribution in [2.45, 2.75) is 89.7 Å². The lowest BCUT2D eigenvalue weighted by Crippen LogP contribution is -2.67. The molecule has 0 bridgehead atoms. The third kappa shape index (κ3) is 8.05. The molecule has 4 rings (SSSR count). The van der Waals surface area contributed by atoms with Crippen LogP contribution in [0.15, 0.2) is 91.0 Å². The third-order valence-electron chi connectivity index (χ3n) is 8.21. The summed E-state index contributed by atoms with van der Waals surface area (Å²) in [4.78, 5) is 0. The van der Waals surface area contributed by atoms with Crippen LogP contribution in [0, 0.1) is 5.41 Å². The topological polar surface area (TPSA) is 86.6 Å². The second-order valence-electron chi connectivity index (χ2n) is 11.7. The first kappa shape index (κ1) is 32.3. The van der Waals surface area contributed by atoms with Gasteiger partial charge in [-0.1, -0.05) is 105 Å². The molecule has 7 heteroatoms. The van der Waals surface area contributed by atoms with E-state index in [9.17, 15) is 10.2 Å². The summed E-state index contributed by atoms with van der Waals surface area (Å²) in [5, 5.41) is 21.9. The molecular weight excluding hydrogens is 532 g/mol. The van der Waals surface area contributed by atoms with Gasteiger partial charge in [-0.15, -0.1) is 0 Å². The molecule has 1 fully saturated rings. The zero-order chi connectivity index (χ0) is 30.0. The maximum Gasteiger partial charge on any atom is 0.204 e. The Labute approximate surface area is 250 Å². The predicted octanol–water partition coefficient (Wildman–Crippen LogP) is 5.66. The van der Waals surface area contributed by atoms with Crippen molar-refractivity contribution in [1.82, 2.24) is 0 Å². The SMILES string of the molecule is CO[C@@]1(C(C)(C)CO)O[C@H](C[C@@H](OCc2ccccc2)[C@@H](C)OCc2ccccc2)C[C@@H](OCc2ccccc2)[C@@H]1O. The van der Waals surface area contributed by atoms with E-state index in [1.807, 2.05) is 112 Å². The molecule has 42 heavy (non-hydrogen) atoms. The molecule has 7 nitrogen and oxygen atoms in total. The summed E-state index contributed by atoms with van der Waals surface area (Å²) in [6, 6.07) is 30.0. The fourth-order valence-corrected chi connectivity index (χ4v) is 5.54. The molecule has 1 heterocycles. The number of aliphatic hydroxyl groups is 2. The highest BCUT2D eigenvalue weighted by Crippen LogP contribution is 2.45. The molecule has 0 saturated carbocycles. The number of ether oxygens (including phenoxy) is 5. The van der Waals surface area contributed by atoms with Crippen molar-refractivity contribution in [3.63, 3.8) is 0 Å². The van der Waals surface area contributed by atoms with Crippen molar-refractivity contribution in [2.24, 2.45) is 5.41 Å². The summed E-state index contributed by atoms with van der Waals surface area (Å²) in [7, 11) is 1.51. The minimum absolute atomic E-state index is 0.249. The minimum atomic E-state index is -1.50. The van der Waals surface area contributed by atoms with Gasteiger partial charge in [0.2, 0.25) is 5.79 Å². The number of rotatable bonds is 15. The first-order valence-electron chi connectivity index (χ1n) is 14.8. The second kappa shape index (κ2) is 15.2. The quantitative estimate of drug-likeness (QED) is 0.241. The molecule has 6 atom stereocenters. The summed E-state index contributed by atoms with van der Waals surface area (Å²) in [5.74, 6) is -1.50. The van der Waals surface area contributed by atoms with E-state index in [1.54, 1.807) is 0 Å². The number of aliphatic hydroxyl groups excluding tert-OH is 2. The average molecular weight is 579 g/mol. The number of hydrogen-bond acceptors (Lipinski definition) is 7. The van der Waals surface area contributed by atoms with E-state index in [4.69, 9.17) is 23.7 Å². The third-order valence-corrected chi connectivity index (χ3v) is 8.21. The van der Waals surface area contributed by atoms with E-state index in [2.05, 4.69) is 0 Å². The van der Waals surface area contributed by atoms with Gasteiger partial charge < -0.3 is 33.9 Å². The Balaban J connectivity index is 1.55. The highest BCUT2D eigenvalue weighted by Gasteiger charge is 2.59. The van der Waals surface area contributed by atoms with Gasteiger partial charge in [0.1, 0.15) is 6.10 Å². The Morgan fingerprint density at radius 2 is 1.33 bits per heavy atom. The van der Waals surface area contributed by atoms with E-state index in [-0.39, 0.29) is 18.8 Å². The maximum absolute atomic E-state index is 11.6. The summed E-state index contributed by atoms with van der Waals surface area (Å²) in [6.07, 6.45) is -1.79. The molecule has 1 aliphatic heterocycles. The molecule has 0 spiro atoms. The number of benzene rings is 3. The monoisotopic (exact) mass is 578 g/mol. The van der Waals surface area contributed by atoms with Crippen LogP contribution in [0.4, 0.5) is 0 Å². The van der Waals surface area contributed by atoms with Gasteiger partial charge in [-0.05, 0) is 23.6 Å². The number of methoxy groups -OCH3 is 1. The number of hydrogen-bond donors (Lipinski definition) is 2. The molecule has 1 aliphatic rings. The van der Waals surface area contributed by atoms with Crippen LogP contribution < -0.4 is 0 Å². The van der Waals surface area contributed by atoms with Crippen molar-refractivity contribution in [3.8, 4) is 0 Å². The van der Waals surface area contributed by atoms with E-state index in [0.29, 0.717) is 32.7 Å². The molecule has 3 aromatic rings. The second-order valence-corrected chi connectivity index (χ2v) is 11.7. The van der Waals surface area contributed by atoms with Crippen LogP contribution in [0.2, 0.25) is 0 Å². The van der Waals surface area contributed by atoms with Crippen LogP contribution in [0.5, 0.6) is 0 Å². The van der Waals surface area contributed by atoms with Crippen LogP contribution >= 0.6 is 0 Å². The van der Waals surface area contributed by atoms with E-state index in [1.165, 1.54) is 7.11 Å². The Bertz CT molecular complexity index is 1170. The highest BCUT2D eigenvalue weighted by atomic mass is 16.7. The van der Waals surface area contributed by atoms with Gasteiger partial charge in [-0.25, -0.2) is 0 Å². The fourth-order valence-electron chi connectivity index (χ4n) is 5.54. The Morgan fingerprint density at radius 1 is 0.833 bits per heavy atom. The first-order valence-corrected chi connectivity index (χ1v) is 14.8.